The van der Waals surface area contributed by atoms with Crippen molar-refractivity contribution in [2.45, 2.75) is 43.3 Å². The van der Waals surface area contributed by atoms with Crippen molar-refractivity contribution in [1.82, 2.24) is 14.8 Å². The van der Waals surface area contributed by atoms with E-state index in [9.17, 15) is 17.6 Å². The highest BCUT2D eigenvalue weighted by atomic mass is 32.2. The Hall–Kier alpha value is -2.65. The summed E-state index contributed by atoms with van der Waals surface area (Å²) in [6.45, 7) is 7.69. The summed E-state index contributed by atoms with van der Waals surface area (Å²) in [4.78, 5) is 4.73. The van der Waals surface area contributed by atoms with E-state index in [1.165, 1.54) is 29.5 Å². The van der Waals surface area contributed by atoms with Gasteiger partial charge in [0.05, 0.1) is 21.2 Å². The summed E-state index contributed by atoms with van der Waals surface area (Å²) in [5.74, 6) is -0.264. The predicted octanol–water partition coefficient (Wildman–Crippen LogP) is 7.94. The van der Waals surface area contributed by atoms with E-state index < -0.39 is 11.7 Å². The number of rotatable bonds is 5. The number of aryl methyl sites for hydroxylation is 2. The smallest absolute Gasteiger partial charge is 0.217 e. The molecule has 4 rings (SSSR count). The van der Waals surface area contributed by atoms with Crippen LogP contribution in [0.5, 0.6) is 0 Å². The van der Waals surface area contributed by atoms with Crippen LogP contribution in [0.1, 0.15) is 30.7 Å². The predicted molar refractivity (Wildman–Crippen MR) is 126 cm³/mol. The van der Waals surface area contributed by atoms with E-state index in [-0.39, 0.29) is 11.1 Å². The number of nitrogens with zero attached hydrogens (tertiary/aromatic N) is 3. The van der Waals surface area contributed by atoms with Gasteiger partial charge in [0.15, 0.2) is 0 Å². The van der Waals surface area contributed by atoms with Gasteiger partial charge in [-0.3, -0.25) is 0 Å². The molecule has 0 bridgehead atoms. The lowest BCUT2D eigenvalue weighted by molar-refractivity contribution is -0.137. The van der Waals surface area contributed by atoms with Gasteiger partial charge in [-0.2, -0.15) is 18.3 Å². The number of thioether (sulfide) groups is 1. The first kappa shape index (κ1) is 23.5. The van der Waals surface area contributed by atoms with Gasteiger partial charge < -0.3 is 0 Å². The summed E-state index contributed by atoms with van der Waals surface area (Å²) in [6, 6.07) is 9.98. The third-order valence-electron chi connectivity index (χ3n) is 4.98. The summed E-state index contributed by atoms with van der Waals surface area (Å²) in [5.41, 5.74) is 3.60. The first-order chi connectivity index (χ1) is 15.5. The second kappa shape index (κ2) is 8.95. The third-order valence-corrected chi connectivity index (χ3v) is 7.23. The Kier molecular flexibility index (Phi) is 6.37. The van der Waals surface area contributed by atoms with Crippen molar-refractivity contribution in [3.63, 3.8) is 0 Å². The SMILES string of the molecule is Cc1cc(-c2cn(-c3nc(-c4ccc(C(F)(F)F)cc4)c(SC(C)C)s3)nc2C)ccc1F. The maximum atomic E-state index is 13.7. The minimum atomic E-state index is -4.39. The van der Waals surface area contributed by atoms with Crippen LogP contribution < -0.4 is 0 Å². The van der Waals surface area contributed by atoms with E-state index in [2.05, 4.69) is 5.10 Å². The molecule has 0 fully saturated rings. The van der Waals surface area contributed by atoms with E-state index in [0.717, 1.165) is 33.2 Å². The van der Waals surface area contributed by atoms with Gasteiger partial charge in [0.25, 0.3) is 0 Å². The first-order valence-corrected chi connectivity index (χ1v) is 11.9. The second-order valence-corrected chi connectivity index (χ2v) is 10.7. The second-order valence-electron chi connectivity index (χ2n) is 7.91. The van der Waals surface area contributed by atoms with Crippen molar-refractivity contribution >= 4 is 23.1 Å². The topological polar surface area (TPSA) is 30.7 Å². The fraction of sp³-hybridized carbons (Fsp3) is 0.250. The van der Waals surface area contributed by atoms with Crippen molar-refractivity contribution < 1.29 is 17.6 Å². The molecule has 0 spiro atoms. The molecule has 0 amide bonds. The average molecular weight is 492 g/mol. The largest absolute Gasteiger partial charge is 0.416 e. The molecule has 172 valence electrons. The molecule has 2 aromatic heterocycles. The van der Waals surface area contributed by atoms with Crippen molar-refractivity contribution in [3.8, 4) is 27.5 Å². The summed E-state index contributed by atoms with van der Waals surface area (Å²) < 4.78 is 55.2. The number of benzene rings is 2. The van der Waals surface area contributed by atoms with E-state index in [4.69, 9.17) is 4.98 Å². The Morgan fingerprint density at radius 1 is 1.00 bits per heavy atom. The molecule has 0 saturated heterocycles. The Morgan fingerprint density at radius 3 is 2.27 bits per heavy atom. The standard InChI is InChI=1S/C24H21F4N3S2/c1-13(2)32-22-21(16-5-8-18(9-6-16)24(26,27)28)29-23(33-22)31-12-19(15(4)30-31)17-7-10-20(25)14(3)11-17/h5-13H,1-4H3. The van der Waals surface area contributed by atoms with E-state index in [1.54, 1.807) is 35.5 Å². The zero-order valence-corrected chi connectivity index (χ0v) is 20.0. The zero-order chi connectivity index (χ0) is 23.9. The van der Waals surface area contributed by atoms with Crippen LogP contribution in [0.15, 0.2) is 52.9 Å². The van der Waals surface area contributed by atoms with Crippen LogP contribution in [0.2, 0.25) is 0 Å². The number of alkyl halides is 3. The molecule has 0 aliphatic rings. The number of thiazole rings is 1. The zero-order valence-electron chi connectivity index (χ0n) is 18.4. The van der Waals surface area contributed by atoms with Gasteiger partial charge in [-0.15, -0.1) is 11.8 Å². The number of aromatic nitrogens is 3. The molecule has 0 N–H and O–H groups in total. The lowest BCUT2D eigenvalue weighted by Gasteiger charge is -2.08. The van der Waals surface area contributed by atoms with Crippen molar-refractivity contribution in [2.24, 2.45) is 0 Å². The Balaban J connectivity index is 1.75. The van der Waals surface area contributed by atoms with E-state index in [0.29, 0.717) is 22.0 Å². The van der Waals surface area contributed by atoms with Crippen molar-refractivity contribution in [1.29, 1.82) is 0 Å². The molecule has 0 aliphatic carbocycles. The molecule has 0 aliphatic heterocycles. The highest BCUT2D eigenvalue weighted by Crippen LogP contribution is 2.40. The van der Waals surface area contributed by atoms with Gasteiger partial charge in [-0.05, 0) is 49.2 Å². The molecule has 4 aromatic rings. The van der Waals surface area contributed by atoms with Crippen LogP contribution >= 0.6 is 23.1 Å². The van der Waals surface area contributed by atoms with Gasteiger partial charge in [0.1, 0.15) is 5.82 Å². The molecule has 0 radical (unpaired) electrons. The summed E-state index contributed by atoms with van der Waals surface area (Å²) in [6.07, 6.45) is -2.54. The maximum Gasteiger partial charge on any atom is 0.416 e. The summed E-state index contributed by atoms with van der Waals surface area (Å²) in [5, 5.41) is 5.48. The molecule has 9 heteroatoms. The number of hydrogen-bond acceptors (Lipinski definition) is 4. The van der Waals surface area contributed by atoms with Crippen LogP contribution in [-0.2, 0) is 6.18 Å². The van der Waals surface area contributed by atoms with Gasteiger partial charge in [-0.25, -0.2) is 14.1 Å². The van der Waals surface area contributed by atoms with Crippen LogP contribution in [0.25, 0.3) is 27.5 Å². The molecule has 0 unspecified atom stereocenters. The molecule has 0 atom stereocenters. The summed E-state index contributed by atoms with van der Waals surface area (Å²) >= 11 is 3.05. The monoisotopic (exact) mass is 491 g/mol. The minimum Gasteiger partial charge on any atom is -0.217 e. The van der Waals surface area contributed by atoms with Gasteiger partial charge in [-0.1, -0.05) is 43.4 Å². The highest BCUT2D eigenvalue weighted by molar-refractivity contribution is 8.01. The fourth-order valence-corrected chi connectivity index (χ4v) is 5.79. The molecule has 3 nitrogen and oxygen atoms in total. The minimum absolute atomic E-state index is 0.264. The van der Waals surface area contributed by atoms with Crippen LogP contribution in [-0.4, -0.2) is 20.0 Å². The molecule has 0 saturated carbocycles. The van der Waals surface area contributed by atoms with E-state index in [1.807, 2.05) is 27.0 Å². The maximum absolute atomic E-state index is 13.7. The van der Waals surface area contributed by atoms with Crippen molar-refractivity contribution in [2.75, 3.05) is 0 Å². The van der Waals surface area contributed by atoms with E-state index >= 15 is 0 Å². The fourth-order valence-electron chi connectivity index (χ4n) is 3.34. The molecule has 2 aromatic carbocycles. The Labute approximate surface area is 197 Å². The molecular formula is C24H21F4N3S2. The first-order valence-electron chi connectivity index (χ1n) is 10.2. The van der Waals surface area contributed by atoms with Gasteiger partial charge in [0.2, 0.25) is 5.13 Å². The lowest BCUT2D eigenvalue weighted by atomic mass is 10.0. The van der Waals surface area contributed by atoms with Crippen molar-refractivity contribution in [3.05, 3.63) is 71.3 Å². The normalized spacial score (nSPS) is 12.0. The quantitative estimate of drug-likeness (QED) is 0.210. The van der Waals surface area contributed by atoms with Crippen LogP contribution in [0, 0.1) is 19.7 Å². The lowest BCUT2D eigenvalue weighted by Crippen LogP contribution is -2.04. The third kappa shape index (κ3) is 4.99. The van der Waals surface area contributed by atoms with Gasteiger partial charge in [0, 0.05) is 22.6 Å². The highest BCUT2D eigenvalue weighted by Gasteiger charge is 2.30. The Bertz CT molecular complexity index is 1290. The summed E-state index contributed by atoms with van der Waals surface area (Å²) in [7, 11) is 0. The number of halogens is 4. The Morgan fingerprint density at radius 2 is 1.67 bits per heavy atom. The molecule has 2 heterocycles. The average Bonchev–Trinajstić information content (AvgIpc) is 3.33. The molecular weight excluding hydrogens is 470 g/mol. The van der Waals surface area contributed by atoms with Crippen LogP contribution in [0.4, 0.5) is 17.6 Å². The van der Waals surface area contributed by atoms with Crippen LogP contribution in [0.3, 0.4) is 0 Å². The van der Waals surface area contributed by atoms with Gasteiger partial charge >= 0.3 is 6.18 Å². The number of hydrogen-bond donors (Lipinski definition) is 0. The molecule has 33 heavy (non-hydrogen) atoms.